The molecule has 9 nitrogen and oxygen atoms in total. The van der Waals surface area contributed by atoms with E-state index in [1.165, 1.54) is 22.9 Å². The van der Waals surface area contributed by atoms with Gasteiger partial charge in [0.2, 0.25) is 5.91 Å². The van der Waals surface area contributed by atoms with Crippen LogP contribution < -0.4 is 14.5 Å². The van der Waals surface area contributed by atoms with Crippen LogP contribution in [0.2, 0.25) is 0 Å². The molecule has 9 heteroatoms. The van der Waals surface area contributed by atoms with Gasteiger partial charge < -0.3 is 24.3 Å². The third-order valence-electron chi connectivity index (χ3n) is 8.97. The molecule has 0 bridgehead atoms. The second kappa shape index (κ2) is 11.7. The Morgan fingerprint density at radius 1 is 1.27 bits per heavy atom. The van der Waals surface area contributed by atoms with Gasteiger partial charge in [-0.15, -0.1) is 0 Å². The molecule has 0 unspecified atom stereocenters. The van der Waals surface area contributed by atoms with E-state index >= 15 is 0 Å². The molecule has 41 heavy (non-hydrogen) atoms. The van der Waals surface area contributed by atoms with E-state index in [0.29, 0.717) is 38.8 Å². The second-order valence-electron chi connectivity index (χ2n) is 12.4. The van der Waals surface area contributed by atoms with Crippen molar-refractivity contribution in [3.8, 4) is 12.1 Å². The lowest BCUT2D eigenvalue weighted by Gasteiger charge is -2.43. The number of carbonyl (C=O) groups is 1. The number of fused-ring (bicyclic) bond motifs is 1. The first-order valence-electron chi connectivity index (χ1n) is 14.7. The molecular formula is C32H43N7O2. The summed E-state index contributed by atoms with van der Waals surface area (Å²) < 4.78 is 6.37. The topological polar surface area (TPSA) is 88.8 Å². The van der Waals surface area contributed by atoms with E-state index in [4.69, 9.17) is 14.7 Å². The maximum absolute atomic E-state index is 12.5. The van der Waals surface area contributed by atoms with Crippen LogP contribution in [0.4, 0.5) is 11.5 Å². The highest BCUT2D eigenvalue weighted by molar-refractivity contribution is 5.87. The average molecular weight is 558 g/mol. The third kappa shape index (κ3) is 6.03. The largest absolute Gasteiger partial charge is 0.463 e. The van der Waals surface area contributed by atoms with Crippen molar-refractivity contribution >= 4 is 17.4 Å². The predicted molar refractivity (Wildman–Crippen MR) is 161 cm³/mol. The van der Waals surface area contributed by atoms with Crippen molar-refractivity contribution in [2.75, 3.05) is 56.7 Å². The normalized spacial score (nSPS) is 21.3. The summed E-state index contributed by atoms with van der Waals surface area (Å²) in [6.45, 7) is 14.2. The first-order valence-corrected chi connectivity index (χ1v) is 14.7. The summed E-state index contributed by atoms with van der Waals surface area (Å²) in [6.07, 6.45) is 4.70. The fraction of sp³-hybridized carbons (Fsp3) is 0.562. The maximum Gasteiger partial charge on any atom is 0.318 e. The molecule has 2 atom stereocenters. The van der Waals surface area contributed by atoms with Crippen LogP contribution in [-0.2, 0) is 17.8 Å². The molecule has 3 heterocycles. The van der Waals surface area contributed by atoms with Crippen molar-refractivity contribution in [2.45, 2.75) is 65.1 Å². The molecule has 0 N–H and O–H groups in total. The van der Waals surface area contributed by atoms with Crippen LogP contribution in [0.3, 0.4) is 0 Å². The molecule has 2 fully saturated rings. The quantitative estimate of drug-likeness (QED) is 0.429. The number of aryl methyl sites for hydroxylation is 1. The zero-order valence-electron chi connectivity index (χ0n) is 25.2. The van der Waals surface area contributed by atoms with E-state index in [0.717, 1.165) is 42.9 Å². The highest BCUT2D eigenvalue weighted by Gasteiger charge is 2.44. The summed E-state index contributed by atoms with van der Waals surface area (Å²) in [5.74, 6) is 0.746. The molecule has 2 aliphatic heterocycles. The summed E-state index contributed by atoms with van der Waals surface area (Å²) >= 11 is 0. The number of piperazine rings is 1. The van der Waals surface area contributed by atoms with Gasteiger partial charge in [0.1, 0.15) is 5.82 Å². The summed E-state index contributed by atoms with van der Waals surface area (Å²) in [5, 5.41) is 9.53. The Hall–Kier alpha value is -3.64. The van der Waals surface area contributed by atoms with Gasteiger partial charge in [-0.1, -0.05) is 18.7 Å². The number of rotatable bonds is 9. The lowest BCUT2D eigenvalue weighted by atomic mass is 9.95. The molecule has 0 spiro atoms. The van der Waals surface area contributed by atoms with E-state index in [-0.39, 0.29) is 29.8 Å². The van der Waals surface area contributed by atoms with Gasteiger partial charge in [-0.05, 0) is 77.4 Å². The van der Waals surface area contributed by atoms with Crippen LogP contribution in [0, 0.1) is 30.6 Å². The van der Waals surface area contributed by atoms with E-state index in [1.54, 1.807) is 4.90 Å². The van der Waals surface area contributed by atoms with Crippen molar-refractivity contribution in [3.05, 3.63) is 53.2 Å². The van der Waals surface area contributed by atoms with Gasteiger partial charge in [0.25, 0.3) is 0 Å². The number of anilines is 2. The number of ether oxygens (including phenoxy) is 1. The Labute approximate surface area is 244 Å². The van der Waals surface area contributed by atoms with E-state index in [2.05, 4.69) is 80.4 Å². The highest BCUT2D eigenvalue weighted by Crippen LogP contribution is 2.46. The van der Waals surface area contributed by atoms with Gasteiger partial charge in [0.05, 0.1) is 37.4 Å². The fourth-order valence-corrected chi connectivity index (χ4v) is 6.40. The van der Waals surface area contributed by atoms with E-state index in [1.807, 2.05) is 0 Å². The number of aromatic nitrogens is 2. The number of benzene rings is 1. The standard InChI is InChI=1S/C32H43N7O2/c1-7-29(40)38-16-15-37(18-25(38)11-14-33)30-26-17-23(3)39(28-10-8-9-22(2)24(28)4)19-27(26)34-31(35-30)41-21-32(12-13-32)20-36(5)6/h7-10,23,25H,1,11-13,15-21H2,2-6H3/t23-,25+/m1/s1. The fourth-order valence-electron chi connectivity index (χ4n) is 6.40. The third-order valence-corrected chi connectivity index (χ3v) is 8.97. The van der Waals surface area contributed by atoms with Gasteiger partial charge in [-0.2, -0.15) is 15.2 Å². The Balaban J connectivity index is 1.49. The molecule has 1 saturated carbocycles. The van der Waals surface area contributed by atoms with Gasteiger partial charge >= 0.3 is 6.01 Å². The van der Waals surface area contributed by atoms with Gasteiger partial charge in [0.15, 0.2) is 0 Å². The maximum atomic E-state index is 12.5. The smallest absolute Gasteiger partial charge is 0.318 e. The van der Waals surface area contributed by atoms with Crippen LogP contribution in [0.25, 0.3) is 0 Å². The minimum absolute atomic E-state index is 0.132. The van der Waals surface area contributed by atoms with Crippen molar-refractivity contribution in [1.82, 2.24) is 19.8 Å². The summed E-state index contributed by atoms with van der Waals surface area (Å²) in [5.41, 5.74) is 6.09. The monoisotopic (exact) mass is 557 g/mol. The summed E-state index contributed by atoms with van der Waals surface area (Å²) in [6, 6.07) is 9.19. The molecule has 0 radical (unpaired) electrons. The zero-order chi connectivity index (χ0) is 29.3. The predicted octanol–water partition coefficient (Wildman–Crippen LogP) is 3.88. The summed E-state index contributed by atoms with van der Waals surface area (Å²) in [7, 11) is 4.20. The molecule has 218 valence electrons. The Morgan fingerprint density at radius 3 is 2.73 bits per heavy atom. The lowest BCUT2D eigenvalue weighted by molar-refractivity contribution is -0.128. The van der Waals surface area contributed by atoms with E-state index in [9.17, 15) is 10.1 Å². The molecule has 3 aliphatic rings. The lowest BCUT2D eigenvalue weighted by Crippen LogP contribution is -2.55. The molecule has 1 aromatic carbocycles. The van der Waals surface area contributed by atoms with Gasteiger partial charge in [0, 0.05) is 48.9 Å². The number of nitrogens with zero attached hydrogens (tertiary/aromatic N) is 7. The molecule has 1 aromatic heterocycles. The average Bonchev–Trinajstić information content (AvgIpc) is 3.71. The number of hydrogen-bond donors (Lipinski definition) is 0. The van der Waals surface area contributed by atoms with Crippen LogP contribution in [0.15, 0.2) is 30.9 Å². The molecule has 1 aliphatic carbocycles. The van der Waals surface area contributed by atoms with Crippen LogP contribution in [-0.4, -0.2) is 84.6 Å². The van der Waals surface area contributed by atoms with Crippen molar-refractivity contribution < 1.29 is 9.53 Å². The highest BCUT2D eigenvalue weighted by atomic mass is 16.5. The van der Waals surface area contributed by atoms with Crippen LogP contribution in [0.1, 0.15) is 48.6 Å². The van der Waals surface area contributed by atoms with Crippen LogP contribution >= 0.6 is 0 Å². The van der Waals surface area contributed by atoms with Crippen LogP contribution in [0.5, 0.6) is 6.01 Å². The summed E-state index contributed by atoms with van der Waals surface area (Å²) in [4.78, 5) is 31.2. The molecule has 1 amide bonds. The number of hydrogen-bond acceptors (Lipinski definition) is 8. The Morgan fingerprint density at radius 2 is 2.05 bits per heavy atom. The van der Waals surface area contributed by atoms with Crippen molar-refractivity contribution in [2.24, 2.45) is 5.41 Å². The first-order chi connectivity index (χ1) is 19.6. The van der Waals surface area contributed by atoms with Crippen molar-refractivity contribution in [1.29, 1.82) is 5.26 Å². The van der Waals surface area contributed by atoms with Gasteiger partial charge in [-0.25, -0.2) is 0 Å². The number of amides is 1. The Bertz CT molecular complexity index is 1350. The minimum atomic E-state index is -0.225. The zero-order valence-corrected chi connectivity index (χ0v) is 25.2. The molecule has 5 rings (SSSR count). The van der Waals surface area contributed by atoms with E-state index < -0.39 is 0 Å². The molecule has 1 saturated heterocycles. The molecular weight excluding hydrogens is 514 g/mol. The number of carbonyl (C=O) groups excluding carboxylic acids is 1. The second-order valence-corrected chi connectivity index (χ2v) is 12.4. The molecule has 2 aromatic rings. The van der Waals surface area contributed by atoms with Crippen molar-refractivity contribution in [3.63, 3.8) is 0 Å². The van der Waals surface area contributed by atoms with Gasteiger partial charge in [-0.3, -0.25) is 4.79 Å². The SMILES string of the molecule is C=CC(=O)N1CCN(c2nc(OCC3(CN(C)C)CC3)nc3c2C[C@@H](C)N(c2cccc(C)c2C)C3)C[C@@H]1CC#N. The minimum Gasteiger partial charge on any atom is -0.463 e. The Kier molecular flexibility index (Phi) is 8.23. The first kappa shape index (κ1) is 28.9. The number of nitriles is 1.